The van der Waals surface area contributed by atoms with E-state index in [4.69, 9.17) is 10.1 Å². The van der Waals surface area contributed by atoms with Crippen LogP contribution in [0.4, 0.5) is 5.95 Å². The molecule has 5 rings (SSSR count). The lowest BCUT2D eigenvalue weighted by molar-refractivity contribution is 0.101. The van der Waals surface area contributed by atoms with E-state index in [1.54, 1.807) is 16.0 Å². The predicted molar refractivity (Wildman–Crippen MR) is 142 cm³/mol. The molecule has 0 aliphatic carbocycles. The summed E-state index contributed by atoms with van der Waals surface area (Å²) in [5, 5.41) is 9.86. The standard InChI is InChI=1S/C27H28N6OS/c1-3-31(4-2)16-17-32-23-14-9-8-13-21(23)28-27(32)29-26(34)24-19-22(25-15-10-18-35-25)30-33(24)20-11-6-5-7-12-20/h5-15,18-19H,3-4,16-17H2,1-2H3,(H,28,29,34). The number of hydrogen-bond acceptors (Lipinski definition) is 5. The van der Waals surface area contributed by atoms with Gasteiger partial charge in [0.05, 0.1) is 21.6 Å². The van der Waals surface area contributed by atoms with E-state index in [0.717, 1.165) is 53.5 Å². The third-order valence-corrected chi connectivity index (χ3v) is 7.02. The molecule has 0 bridgehead atoms. The third-order valence-electron chi connectivity index (χ3n) is 6.13. The van der Waals surface area contributed by atoms with Gasteiger partial charge < -0.3 is 9.47 Å². The minimum Gasteiger partial charge on any atom is -0.309 e. The number of benzene rings is 2. The molecule has 0 saturated carbocycles. The molecule has 5 aromatic rings. The van der Waals surface area contributed by atoms with Crippen LogP contribution < -0.4 is 5.32 Å². The summed E-state index contributed by atoms with van der Waals surface area (Å²) in [6.45, 7) is 7.89. The van der Waals surface area contributed by atoms with Crippen LogP contribution in [-0.2, 0) is 6.54 Å². The van der Waals surface area contributed by atoms with E-state index in [1.165, 1.54) is 0 Å². The highest BCUT2D eigenvalue weighted by molar-refractivity contribution is 7.13. The Balaban J connectivity index is 1.51. The van der Waals surface area contributed by atoms with Crippen molar-refractivity contribution in [2.45, 2.75) is 20.4 Å². The number of para-hydroxylation sites is 3. The Morgan fingerprint density at radius 1 is 1.00 bits per heavy atom. The molecule has 0 aliphatic rings. The first-order valence-corrected chi connectivity index (χ1v) is 12.7. The first-order chi connectivity index (χ1) is 17.2. The van der Waals surface area contributed by atoms with Crippen LogP contribution in [0.2, 0.25) is 0 Å². The molecule has 0 saturated heterocycles. The van der Waals surface area contributed by atoms with Crippen molar-refractivity contribution in [3.05, 3.63) is 83.9 Å². The van der Waals surface area contributed by atoms with Crippen LogP contribution in [-0.4, -0.2) is 49.8 Å². The van der Waals surface area contributed by atoms with Gasteiger partial charge in [-0.05, 0) is 54.9 Å². The summed E-state index contributed by atoms with van der Waals surface area (Å²) in [7, 11) is 0. The summed E-state index contributed by atoms with van der Waals surface area (Å²) in [6, 6.07) is 23.5. The Morgan fingerprint density at radius 3 is 2.51 bits per heavy atom. The molecule has 7 nitrogen and oxygen atoms in total. The Hall–Kier alpha value is -3.75. The number of imidazole rings is 1. The van der Waals surface area contributed by atoms with Crippen molar-refractivity contribution in [1.82, 2.24) is 24.2 Å². The average molecular weight is 485 g/mol. The number of thiophene rings is 1. The highest BCUT2D eigenvalue weighted by Crippen LogP contribution is 2.27. The van der Waals surface area contributed by atoms with Gasteiger partial charge in [-0.25, -0.2) is 9.67 Å². The lowest BCUT2D eigenvalue weighted by Gasteiger charge is -2.19. The molecule has 1 N–H and O–H groups in total. The number of carbonyl (C=O) groups excluding carboxylic acids is 1. The van der Waals surface area contributed by atoms with Crippen molar-refractivity contribution in [3.8, 4) is 16.3 Å². The predicted octanol–water partition coefficient (Wildman–Crippen LogP) is 5.54. The van der Waals surface area contributed by atoms with E-state index < -0.39 is 0 Å². The second-order valence-corrected chi connectivity index (χ2v) is 9.14. The van der Waals surface area contributed by atoms with Gasteiger partial charge in [0.1, 0.15) is 11.4 Å². The highest BCUT2D eigenvalue weighted by atomic mass is 32.1. The van der Waals surface area contributed by atoms with E-state index in [0.29, 0.717) is 11.6 Å². The van der Waals surface area contributed by atoms with Crippen LogP contribution >= 0.6 is 11.3 Å². The molecule has 178 valence electrons. The maximum Gasteiger partial charge on any atom is 0.276 e. The monoisotopic (exact) mass is 484 g/mol. The Bertz CT molecular complexity index is 1420. The van der Waals surface area contributed by atoms with E-state index in [2.05, 4.69) is 28.6 Å². The van der Waals surface area contributed by atoms with Gasteiger partial charge in [0.25, 0.3) is 5.91 Å². The molecule has 2 aromatic carbocycles. The van der Waals surface area contributed by atoms with Gasteiger partial charge >= 0.3 is 0 Å². The summed E-state index contributed by atoms with van der Waals surface area (Å²) in [4.78, 5) is 21.8. The van der Waals surface area contributed by atoms with E-state index in [1.807, 2.05) is 78.2 Å². The van der Waals surface area contributed by atoms with Crippen molar-refractivity contribution in [2.24, 2.45) is 0 Å². The highest BCUT2D eigenvalue weighted by Gasteiger charge is 2.21. The molecule has 1 amide bonds. The molecular weight excluding hydrogens is 456 g/mol. The minimum absolute atomic E-state index is 0.247. The number of nitrogens with one attached hydrogen (secondary N) is 1. The number of likely N-dealkylation sites (N-methyl/N-ethyl adjacent to an activating group) is 1. The third kappa shape index (κ3) is 4.76. The summed E-state index contributed by atoms with van der Waals surface area (Å²) in [5.74, 6) is 0.297. The average Bonchev–Trinajstić information content (AvgIpc) is 3.64. The Kier molecular flexibility index (Phi) is 6.74. The van der Waals surface area contributed by atoms with Crippen LogP contribution in [0.1, 0.15) is 24.3 Å². The second kappa shape index (κ2) is 10.2. The van der Waals surface area contributed by atoms with Crippen molar-refractivity contribution in [2.75, 3.05) is 25.0 Å². The molecule has 0 fully saturated rings. The van der Waals surface area contributed by atoms with Crippen LogP contribution in [0, 0.1) is 0 Å². The van der Waals surface area contributed by atoms with Crippen LogP contribution in [0.25, 0.3) is 27.3 Å². The number of nitrogens with zero attached hydrogens (tertiary/aromatic N) is 5. The SMILES string of the molecule is CCN(CC)CCn1c(NC(=O)c2cc(-c3cccs3)nn2-c2ccccc2)nc2ccccc21. The number of rotatable bonds is 9. The zero-order valence-electron chi connectivity index (χ0n) is 19.9. The van der Waals surface area contributed by atoms with Crippen LogP contribution in [0.15, 0.2) is 78.2 Å². The van der Waals surface area contributed by atoms with Gasteiger partial charge in [-0.3, -0.25) is 10.1 Å². The summed E-state index contributed by atoms with van der Waals surface area (Å²) in [5.41, 5.74) is 3.92. The quantitative estimate of drug-likeness (QED) is 0.298. The number of fused-ring (bicyclic) bond motifs is 1. The maximum absolute atomic E-state index is 13.6. The van der Waals surface area contributed by atoms with Crippen molar-refractivity contribution < 1.29 is 4.79 Å². The van der Waals surface area contributed by atoms with Gasteiger partial charge in [-0.15, -0.1) is 11.3 Å². The number of carbonyl (C=O) groups is 1. The molecule has 0 aliphatic heterocycles. The number of anilines is 1. The molecule has 0 spiro atoms. The molecule has 0 radical (unpaired) electrons. The molecule has 35 heavy (non-hydrogen) atoms. The van der Waals surface area contributed by atoms with Gasteiger partial charge in [0.2, 0.25) is 5.95 Å². The van der Waals surface area contributed by atoms with E-state index >= 15 is 0 Å². The number of amides is 1. The topological polar surface area (TPSA) is 68.0 Å². The Labute approximate surface area is 208 Å². The number of hydrogen-bond donors (Lipinski definition) is 1. The lowest BCUT2D eigenvalue weighted by Crippen LogP contribution is -2.28. The van der Waals surface area contributed by atoms with Gasteiger partial charge in [0, 0.05) is 13.1 Å². The smallest absolute Gasteiger partial charge is 0.276 e. The second-order valence-electron chi connectivity index (χ2n) is 8.20. The van der Waals surface area contributed by atoms with Gasteiger partial charge in [-0.2, -0.15) is 5.10 Å². The fourth-order valence-electron chi connectivity index (χ4n) is 4.20. The normalized spacial score (nSPS) is 11.4. The summed E-state index contributed by atoms with van der Waals surface area (Å²) in [6.07, 6.45) is 0. The largest absolute Gasteiger partial charge is 0.309 e. The van der Waals surface area contributed by atoms with E-state index in [9.17, 15) is 4.79 Å². The summed E-state index contributed by atoms with van der Waals surface area (Å²) < 4.78 is 3.79. The van der Waals surface area contributed by atoms with Gasteiger partial charge in [0.15, 0.2) is 0 Å². The molecular formula is C27H28N6OS. The molecule has 3 aromatic heterocycles. The fraction of sp³-hybridized carbons (Fsp3) is 0.222. The molecule has 8 heteroatoms. The minimum atomic E-state index is -0.247. The number of aromatic nitrogens is 4. The summed E-state index contributed by atoms with van der Waals surface area (Å²) >= 11 is 1.60. The van der Waals surface area contributed by atoms with Crippen molar-refractivity contribution >= 4 is 34.2 Å². The van der Waals surface area contributed by atoms with Crippen LogP contribution in [0.5, 0.6) is 0 Å². The van der Waals surface area contributed by atoms with Crippen LogP contribution in [0.3, 0.4) is 0 Å². The van der Waals surface area contributed by atoms with Crippen molar-refractivity contribution in [1.29, 1.82) is 0 Å². The lowest BCUT2D eigenvalue weighted by atomic mass is 10.3. The zero-order valence-corrected chi connectivity index (χ0v) is 20.7. The Morgan fingerprint density at radius 2 is 1.77 bits per heavy atom. The van der Waals surface area contributed by atoms with Crippen molar-refractivity contribution in [3.63, 3.8) is 0 Å². The molecule has 0 atom stereocenters. The fourth-order valence-corrected chi connectivity index (χ4v) is 4.88. The first kappa shape index (κ1) is 23.0. The van der Waals surface area contributed by atoms with Gasteiger partial charge in [-0.1, -0.05) is 50.2 Å². The zero-order chi connectivity index (χ0) is 24.2. The molecule has 3 heterocycles. The maximum atomic E-state index is 13.6. The molecule has 0 unspecified atom stereocenters. The first-order valence-electron chi connectivity index (χ1n) is 11.9. The van der Waals surface area contributed by atoms with E-state index in [-0.39, 0.29) is 5.91 Å².